The van der Waals surface area contributed by atoms with Crippen molar-refractivity contribution in [2.45, 2.75) is 25.9 Å². The van der Waals surface area contributed by atoms with Crippen molar-refractivity contribution in [2.75, 3.05) is 0 Å². The van der Waals surface area contributed by atoms with Gasteiger partial charge in [0, 0.05) is 29.0 Å². The highest BCUT2D eigenvalue weighted by atomic mass is 35.5. The SMILES string of the molecule is CCc1cccc(C2NCc3c(Cl)cccc3-n3cccc32)c1.Cl. The van der Waals surface area contributed by atoms with Gasteiger partial charge in [-0.1, -0.05) is 48.9 Å². The van der Waals surface area contributed by atoms with E-state index in [2.05, 4.69) is 65.5 Å². The second kappa shape index (κ2) is 7.02. The van der Waals surface area contributed by atoms with Gasteiger partial charge in [0.1, 0.15) is 0 Å². The van der Waals surface area contributed by atoms with E-state index >= 15 is 0 Å². The third kappa shape index (κ3) is 2.86. The predicted molar refractivity (Wildman–Crippen MR) is 103 cm³/mol. The van der Waals surface area contributed by atoms with Crippen LogP contribution < -0.4 is 5.32 Å². The van der Waals surface area contributed by atoms with E-state index in [1.807, 2.05) is 12.1 Å². The summed E-state index contributed by atoms with van der Waals surface area (Å²) < 4.78 is 2.25. The average molecular weight is 359 g/mol. The Balaban J connectivity index is 0.00000169. The van der Waals surface area contributed by atoms with Crippen molar-refractivity contribution in [1.29, 1.82) is 0 Å². The Labute approximate surface area is 153 Å². The van der Waals surface area contributed by atoms with Crippen LogP contribution in [0, 0.1) is 0 Å². The topological polar surface area (TPSA) is 17.0 Å². The maximum atomic E-state index is 6.44. The minimum absolute atomic E-state index is 0. The van der Waals surface area contributed by atoms with Crippen molar-refractivity contribution in [3.8, 4) is 5.69 Å². The minimum atomic E-state index is 0. The standard InChI is InChI=1S/C20H19ClN2.ClH/c1-2-14-6-3-7-15(12-14)20-19-10-5-11-23(19)18-9-4-8-17(21)16(18)13-22-20;/h3-12,20,22H,2,13H2,1H3;1H. The Bertz CT molecular complexity index is 854. The number of nitrogens with one attached hydrogen (secondary N) is 1. The molecule has 0 saturated heterocycles. The monoisotopic (exact) mass is 358 g/mol. The smallest absolute Gasteiger partial charge is 0.0737 e. The van der Waals surface area contributed by atoms with Gasteiger partial charge in [0.05, 0.1) is 11.7 Å². The van der Waals surface area contributed by atoms with Gasteiger partial charge in [-0.05, 0) is 41.8 Å². The summed E-state index contributed by atoms with van der Waals surface area (Å²) in [6, 6.07) is 19.4. The summed E-state index contributed by atoms with van der Waals surface area (Å²) in [5.74, 6) is 0. The maximum absolute atomic E-state index is 6.44. The largest absolute Gasteiger partial charge is 0.319 e. The van der Waals surface area contributed by atoms with Crippen LogP contribution in [0.1, 0.15) is 35.3 Å². The average Bonchev–Trinajstić information content (AvgIpc) is 3.00. The van der Waals surface area contributed by atoms with Gasteiger partial charge < -0.3 is 9.88 Å². The van der Waals surface area contributed by atoms with Crippen LogP contribution in [0.2, 0.25) is 5.02 Å². The van der Waals surface area contributed by atoms with Crippen LogP contribution in [0.4, 0.5) is 0 Å². The van der Waals surface area contributed by atoms with E-state index in [1.165, 1.54) is 22.5 Å². The number of rotatable bonds is 2. The fourth-order valence-electron chi connectivity index (χ4n) is 3.39. The number of benzene rings is 2. The fraction of sp³-hybridized carbons (Fsp3) is 0.200. The lowest BCUT2D eigenvalue weighted by Gasteiger charge is -2.18. The molecule has 2 nitrogen and oxygen atoms in total. The van der Waals surface area contributed by atoms with Gasteiger partial charge in [0.2, 0.25) is 0 Å². The molecule has 1 N–H and O–H groups in total. The Kier molecular flexibility index (Phi) is 5.00. The summed E-state index contributed by atoms with van der Waals surface area (Å²) >= 11 is 6.44. The lowest BCUT2D eigenvalue weighted by molar-refractivity contribution is 0.600. The van der Waals surface area contributed by atoms with Crippen molar-refractivity contribution in [2.24, 2.45) is 0 Å². The van der Waals surface area contributed by atoms with Gasteiger partial charge in [-0.2, -0.15) is 0 Å². The van der Waals surface area contributed by atoms with E-state index in [9.17, 15) is 0 Å². The van der Waals surface area contributed by atoms with Gasteiger partial charge in [-0.3, -0.25) is 0 Å². The van der Waals surface area contributed by atoms with E-state index in [1.54, 1.807) is 0 Å². The fourth-order valence-corrected chi connectivity index (χ4v) is 3.62. The van der Waals surface area contributed by atoms with Gasteiger partial charge in [0.15, 0.2) is 0 Å². The highest BCUT2D eigenvalue weighted by Gasteiger charge is 2.23. The first kappa shape index (κ1) is 17.1. The quantitative estimate of drug-likeness (QED) is 0.656. The number of halogens is 2. The van der Waals surface area contributed by atoms with Crippen molar-refractivity contribution in [3.63, 3.8) is 0 Å². The Hall–Kier alpha value is -1.74. The molecule has 1 aliphatic rings. The molecule has 1 unspecified atom stereocenters. The summed E-state index contributed by atoms with van der Waals surface area (Å²) in [4.78, 5) is 0. The second-order valence-electron chi connectivity index (χ2n) is 5.95. The zero-order valence-corrected chi connectivity index (χ0v) is 15.1. The third-order valence-electron chi connectivity index (χ3n) is 4.61. The molecule has 0 radical (unpaired) electrons. The molecule has 0 aliphatic carbocycles. The maximum Gasteiger partial charge on any atom is 0.0737 e. The summed E-state index contributed by atoms with van der Waals surface area (Å²) in [5, 5.41) is 4.50. The normalized spacial score (nSPS) is 15.8. The molecule has 4 heteroatoms. The molecule has 2 aromatic carbocycles. The van der Waals surface area contributed by atoms with Crippen molar-refractivity contribution in [1.82, 2.24) is 9.88 Å². The molecule has 2 heterocycles. The number of hydrogen-bond acceptors (Lipinski definition) is 1. The van der Waals surface area contributed by atoms with Crippen LogP contribution in [-0.2, 0) is 13.0 Å². The number of aryl methyl sites for hydroxylation is 1. The molecule has 0 saturated carbocycles. The highest BCUT2D eigenvalue weighted by molar-refractivity contribution is 6.31. The Morgan fingerprint density at radius 2 is 1.96 bits per heavy atom. The molecule has 0 spiro atoms. The van der Waals surface area contributed by atoms with Crippen LogP contribution >= 0.6 is 24.0 Å². The summed E-state index contributed by atoms with van der Waals surface area (Å²) in [6.07, 6.45) is 3.17. The number of hydrogen-bond donors (Lipinski definition) is 1. The summed E-state index contributed by atoms with van der Waals surface area (Å²) in [6.45, 7) is 2.95. The Morgan fingerprint density at radius 3 is 2.79 bits per heavy atom. The molecule has 124 valence electrons. The van der Waals surface area contributed by atoms with Gasteiger partial charge in [0.25, 0.3) is 0 Å². The lowest BCUT2D eigenvalue weighted by Crippen LogP contribution is -2.21. The molecule has 0 bridgehead atoms. The van der Waals surface area contributed by atoms with E-state index in [0.29, 0.717) is 0 Å². The van der Waals surface area contributed by atoms with Crippen molar-refractivity contribution >= 4 is 24.0 Å². The van der Waals surface area contributed by atoms with Crippen LogP contribution in [0.5, 0.6) is 0 Å². The van der Waals surface area contributed by atoms with Crippen molar-refractivity contribution < 1.29 is 0 Å². The molecular weight excluding hydrogens is 339 g/mol. The van der Waals surface area contributed by atoms with E-state index in [0.717, 1.165) is 23.6 Å². The number of nitrogens with zero attached hydrogens (tertiary/aromatic N) is 1. The highest BCUT2D eigenvalue weighted by Crippen LogP contribution is 2.33. The van der Waals surface area contributed by atoms with E-state index < -0.39 is 0 Å². The summed E-state index contributed by atoms with van der Waals surface area (Å²) in [5.41, 5.74) is 6.23. The van der Waals surface area contributed by atoms with E-state index in [-0.39, 0.29) is 18.4 Å². The predicted octanol–water partition coefficient (Wildman–Crippen LogP) is 5.31. The number of fused-ring (bicyclic) bond motifs is 3. The van der Waals surface area contributed by atoms with Crippen LogP contribution in [0.15, 0.2) is 60.8 Å². The van der Waals surface area contributed by atoms with Gasteiger partial charge in [-0.15, -0.1) is 12.4 Å². The molecule has 3 aromatic rings. The molecular formula is C20H20Cl2N2. The van der Waals surface area contributed by atoms with Crippen LogP contribution in [-0.4, -0.2) is 4.57 Å². The molecule has 0 fully saturated rings. The minimum Gasteiger partial charge on any atom is -0.319 e. The van der Waals surface area contributed by atoms with Gasteiger partial charge in [-0.25, -0.2) is 0 Å². The van der Waals surface area contributed by atoms with Gasteiger partial charge >= 0.3 is 0 Å². The lowest BCUT2D eigenvalue weighted by atomic mass is 10.0. The summed E-state index contributed by atoms with van der Waals surface area (Å²) in [7, 11) is 0. The molecule has 1 aromatic heterocycles. The third-order valence-corrected chi connectivity index (χ3v) is 4.96. The second-order valence-corrected chi connectivity index (χ2v) is 6.36. The zero-order valence-electron chi connectivity index (χ0n) is 13.5. The molecule has 1 aliphatic heterocycles. The first-order valence-electron chi connectivity index (χ1n) is 8.05. The molecule has 0 amide bonds. The van der Waals surface area contributed by atoms with Crippen LogP contribution in [0.3, 0.4) is 0 Å². The number of aromatic nitrogens is 1. The molecule has 1 atom stereocenters. The van der Waals surface area contributed by atoms with Crippen molar-refractivity contribution in [3.05, 3.63) is 88.2 Å². The Morgan fingerprint density at radius 1 is 1.12 bits per heavy atom. The molecule has 4 rings (SSSR count). The zero-order chi connectivity index (χ0) is 15.8. The first-order chi connectivity index (χ1) is 11.3. The van der Waals surface area contributed by atoms with Crippen LogP contribution in [0.25, 0.3) is 5.69 Å². The van der Waals surface area contributed by atoms with E-state index in [4.69, 9.17) is 11.6 Å². The first-order valence-corrected chi connectivity index (χ1v) is 8.43. The molecule has 24 heavy (non-hydrogen) atoms.